The van der Waals surface area contributed by atoms with Crippen molar-refractivity contribution in [1.82, 2.24) is 0 Å². The second-order valence-electron chi connectivity index (χ2n) is 8.82. The molecule has 0 radical (unpaired) electrons. The van der Waals surface area contributed by atoms with Gasteiger partial charge in [-0.3, -0.25) is 4.31 Å². The normalized spacial score (nSPS) is 18.9. The predicted octanol–water partition coefficient (Wildman–Crippen LogP) is 4.75. The van der Waals surface area contributed by atoms with Crippen molar-refractivity contribution in [1.29, 1.82) is 0 Å². The van der Waals surface area contributed by atoms with Crippen LogP contribution >= 0.6 is 0 Å². The number of aromatic carboxylic acids is 1. The maximum absolute atomic E-state index is 13.8. The number of rotatable bonds is 8. The van der Waals surface area contributed by atoms with Gasteiger partial charge in [-0.05, 0) is 79.5 Å². The molecule has 2 aromatic carbocycles. The van der Waals surface area contributed by atoms with Gasteiger partial charge in [-0.2, -0.15) is 0 Å². The maximum atomic E-state index is 13.8. The number of hydrogen-bond acceptors (Lipinski definition) is 5. The molecule has 1 fully saturated rings. The van der Waals surface area contributed by atoms with E-state index in [9.17, 15) is 18.3 Å². The first-order valence-corrected chi connectivity index (χ1v) is 13.2. The first-order chi connectivity index (χ1) is 16.3. The van der Waals surface area contributed by atoms with Crippen LogP contribution in [-0.2, 0) is 21.2 Å². The van der Waals surface area contributed by atoms with Gasteiger partial charge in [0.1, 0.15) is 11.3 Å². The van der Waals surface area contributed by atoms with E-state index in [1.807, 2.05) is 25.1 Å². The molecule has 0 spiro atoms. The molecular weight excluding hydrogens is 454 g/mol. The highest BCUT2D eigenvalue weighted by Crippen LogP contribution is 2.38. The van der Waals surface area contributed by atoms with Crippen molar-refractivity contribution >= 4 is 27.8 Å². The Labute approximate surface area is 201 Å². The van der Waals surface area contributed by atoms with Gasteiger partial charge in [-0.15, -0.1) is 0 Å². The Morgan fingerprint density at radius 2 is 1.97 bits per heavy atom. The summed E-state index contributed by atoms with van der Waals surface area (Å²) in [6, 6.07) is 9.55. The lowest BCUT2D eigenvalue weighted by molar-refractivity contribution is 0.0490. The molecular formula is C26H31NO6S. The van der Waals surface area contributed by atoms with Gasteiger partial charge in [-0.25, -0.2) is 13.2 Å². The van der Waals surface area contributed by atoms with Gasteiger partial charge in [0.15, 0.2) is 0 Å². The summed E-state index contributed by atoms with van der Waals surface area (Å²) in [4.78, 5) is 11.9. The molecule has 2 aliphatic heterocycles. The third-order valence-corrected chi connectivity index (χ3v) is 8.54. The molecule has 0 aliphatic carbocycles. The van der Waals surface area contributed by atoms with Gasteiger partial charge in [0.25, 0.3) is 10.0 Å². The van der Waals surface area contributed by atoms with E-state index >= 15 is 0 Å². The smallest absolute Gasteiger partial charge is 0.339 e. The maximum Gasteiger partial charge on any atom is 0.339 e. The first-order valence-electron chi connectivity index (χ1n) is 11.7. The van der Waals surface area contributed by atoms with Crippen molar-refractivity contribution in [3.63, 3.8) is 0 Å². The minimum Gasteiger partial charge on any atom is -0.492 e. The number of ether oxygens (including phenoxy) is 2. The Kier molecular flexibility index (Phi) is 7.28. The van der Waals surface area contributed by atoms with Crippen LogP contribution < -0.4 is 9.04 Å². The molecule has 182 valence electrons. The summed E-state index contributed by atoms with van der Waals surface area (Å²) in [7, 11) is -3.99. The average Bonchev–Trinajstić information content (AvgIpc) is 2.86. The van der Waals surface area contributed by atoms with Gasteiger partial charge < -0.3 is 14.6 Å². The van der Waals surface area contributed by atoms with Crippen LogP contribution in [0.4, 0.5) is 5.69 Å². The molecule has 7 nitrogen and oxygen atoms in total. The quantitative estimate of drug-likeness (QED) is 0.580. The van der Waals surface area contributed by atoms with Crippen molar-refractivity contribution in [2.75, 3.05) is 24.1 Å². The topological polar surface area (TPSA) is 93.1 Å². The van der Waals surface area contributed by atoms with Crippen LogP contribution in [0.5, 0.6) is 5.75 Å². The Balaban J connectivity index is 1.68. The molecule has 0 bridgehead atoms. The largest absolute Gasteiger partial charge is 0.492 e. The number of benzene rings is 2. The average molecular weight is 486 g/mol. The zero-order valence-electron chi connectivity index (χ0n) is 19.4. The second kappa shape index (κ2) is 10.2. The van der Waals surface area contributed by atoms with Crippen molar-refractivity contribution < 1.29 is 27.8 Å². The molecule has 2 heterocycles. The van der Waals surface area contributed by atoms with E-state index in [2.05, 4.69) is 6.58 Å². The van der Waals surface area contributed by atoms with Gasteiger partial charge in [-0.1, -0.05) is 25.6 Å². The van der Waals surface area contributed by atoms with Crippen molar-refractivity contribution in [3.05, 3.63) is 59.7 Å². The number of fused-ring (bicyclic) bond motifs is 1. The zero-order valence-corrected chi connectivity index (χ0v) is 20.2. The number of anilines is 1. The van der Waals surface area contributed by atoms with Crippen LogP contribution in [0.2, 0.25) is 0 Å². The number of carboxylic acid groups (broad SMARTS) is 1. The van der Waals surface area contributed by atoms with E-state index in [0.29, 0.717) is 38.3 Å². The number of sulfonamides is 1. The molecule has 8 heteroatoms. The lowest BCUT2D eigenvalue weighted by Gasteiger charge is -2.37. The summed E-state index contributed by atoms with van der Waals surface area (Å²) in [5.41, 5.74) is 2.37. The van der Waals surface area contributed by atoms with Crippen molar-refractivity contribution in [2.45, 2.75) is 50.0 Å². The molecule has 1 atom stereocenters. The lowest BCUT2D eigenvalue weighted by atomic mass is 9.95. The van der Waals surface area contributed by atoms with Gasteiger partial charge >= 0.3 is 5.97 Å². The van der Waals surface area contributed by atoms with E-state index in [0.717, 1.165) is 30.4 Å². The van der Waals surface area contributed by atoms with Gasteiger partial charge in [0.05, 0.1) is 17.2 Å². The molecule has 0 unspecified atom stereocenters. The number of hydrogen-bond donors (Lipinski definition) is 1. The zero-order chi connectivity index (χ0) is 24.3. The monoisotopic (exact) mass is 485 g/mol. The van der Waals surface area contributed by atoms with E-state index in [1.165, 1.54) is 22.5 Å². The van der Waals surface area contributed by atoms with Crippen molar-refractivity contribution in [2.24, 2.45) is 5.92 Å². The minimum absolute atomic E-state index is 0.0533. The highest BCUT2D eigenvalue weighted by atomic mass is 32.2. The van der Waals surface area contributed by atoms with Crippen molar-refractivity contribution in [3.8, 4) is 5.75 Å². The predicted molar refractivity (Wildman–Crippen MR) is 131 cm³/mol. The van der Waals surface area contributed by atoms with Crippen LogP contribution in [0.3, 0.4) is 0 Å². The highest BCUT2D eigenvalue weighted by molar-refractivity contribution is 7.92. The summed E-state index contributed by atoms with van der Waals surface area (Å²) in [5.74, 6) is -0.755. The summed E-state index contributed by atoms with van der Waals surface area (Å²) in [6.07, 6.45) is 5.58. The fourth-order valence-electron chi connectivity index (χ4n) is 4.68. The molecule has 0 saturated carbocycles. The first kappa shape index (κ1) is 24.3. The van der Waals surface area contributed by atoms with E-state index < -0.39 is 16.0 Å². The number of carbonyl (C=O) groups is 1. The number of aryl methyl sites for hydroxylation is 1. The number of nitrogens with zero attached hydrogens (tertiary/aromatic N) is 1. The van der Waals surface area contributed by atoms with Crippen LogP contribution in [0.25, 0.3) is 6.08 Å². The Morgan fingerprint density at radius 1 is 1.21 bits per heavy atom. The van der Waals surface area contributed by atoms with Crippen LogP contribution in [0, 0.1) is 5.92 Å². The molecule has 1 saturated heterocycles. The minimum atomic E-state index is -3.99. The van der Waals surface area contributed by atoms with E-state index in [4.69, 9.17) is 9.47 Å². The van der Waals surface area contributed by atoms with Crippen LogP contribution in [0.1, 0.15) is 54.1 Å². The molecule has 0 aromatic heterocycles. The SMILES string of the molecule is C=Cc1ccc2c(c1)CC[C@H](CC)N2S(=O)(=O)c1ccc(OCC2CCOCC2)c(C(=O)O)c1. The van der Waals surface area contributed by atoms with E-state index in [1.54, 1.807) is 6.08 Å². The van der Waals surface area contributed by atoms with E-state index in [-0.39, 0.29) is 28.2 Å². The number of carboxylic acids is 1. The third kappa shape index (κ3) is 4.83. The van der Waals surface area contributed by atoms with Gasteiger partial charge in [0, 0.05) is 19.3 Å². The second-order valence-corrected chi connectivity index (χ2v) is 10.6. The molecule has 2 aromatic rings. The molecule has 4 rings (SSSR count). The Bertz CT molecular complexity index is 1170. The Morgan fingerprint density at radius 3 is 2.65 bits per heavy atom. The van der Waals surface area contributed by atoms with Crippen LogP contribution in [-0.4, -0.2) is 45.4 Å². The summed E-state index contributed by atoms with van der Waals surface area (Å²) >= 11 is 0. The molecule has 2 aliphatic rings. The summed E-state index contributed by atoms with van der Waals surface area (Å²) in [6.45, 7) is 7.47. The third-order valence-electron chi connectivity index (χ3n) is 6.68. The Hall–Kier alpha value is -2.84. The lowest BCUT2D eigenvalue weighted by Crippen LogP contribution is -2.43. The molecule has 0 amide bonds. The fraction of sp³-hybridized carbons (Fsp3) is 0.423. The van der Waals surface area contributed by atoms with Crippen LogP contribution in [0.15, 0.2) is 47.9 Å². The molecule has 1 N–H and O–H groups in total. The summed E-state index contributed by atoms with van der Waals surface area (Å²) in [5, 5.41) is 9.80. The fourth-order valence-corrected chi connectivity index (χ4v) is 6.49. The standard InChI is InChI=1S/C26H31NO6S/c1-3-18-5-9-24-20(15-18)6-7-21(4-2)27(24)34(30,31)22-8-10-25(23(16-22)26(28)29)33-17-19-11-13-32-14-12-19/h3,5,8-10,15-16,19,21H,1,4,6-7,11-14,17H2,2H3,(H,28,29)/t21-/m0/s1. The highest BCUT2D eigenvalue weighted by Gasteiger charge is 2.36. The molecule has 34 heavy (non-hydrogen) atoms. The van der Waals surface area contributed by atoms with Gasteiger partial charge in [0.2, 0.25) is 0 Å². The summed E-state index contributed by atoms with van der Waals surface area (Å²) < 4.78 is 40.3.